The van der Waals surface area contributed by atoms with Gasteiger partial charge in [0, 0.05) is 11.4 Å². The lowest BCUT2D eigenvalue weighted by atomic mass is 10.0. The zero-order chi connectivity index (χ0) is 14.3. The van der Waals surface area contributed by atoms with E-state index in [1.165, 1.54) is 0 Å². The Labute approximate surface area is 120 Å². The molecule has 0 bridgehead atoms. The second kappa shape index (κ2) is 8.18. The molecule has 0 heterocycles. The van der Waals surface area contributed by atoms with Crippen molar-refractivity contribution in [3.05, 3.63) is 34.9 Å². The third-order valence-electron chi connectivity index (χ3n) is 3.25. The topological polar surface area (TPSA) is 55.1 Å². The molecule has 1 amide bonds. The Morgan fingerprint density at radius 2 is 2.11 bits per heavy atom. The van der Waals surface area contributed by atoms with Crippen LogP contribution in [0.5, 0.6) is 0 Å². The molecule has 0 saturated heterocycles. The molecule has 4 heteroatoms. The molecule has 0 radical (unpaired) electrons. The zero-order valence-corrected chi connectivity index (χ0v) is 12.4. The number of hydrogen-bond acceptors (Lipinski definition) is 2. The molecule has 0 saturated carbocycles. The van der Waals surface area contributed by atoms with E-state index in [1.807, 2.05) is 31.2 Å². The summed E-state index contributed by atoms with van der Waals surface area (Å²) in [4.78, 5) is 11.8. The van der Waals surface area contributed by atoms with Gasteiger partial charge in [0.05, 0.1) is 6.04 Å². The van der Waals surface area contributed by atoms with Crippen LogP contribution in [-0.4, -0.2) is 12.5 Å². The number of nitrogens with two attached hydrogens (primary N) is 1. The summed E-state index contributed by atoms with van der Waals surface area (Å²) in [5.41, 5.74) is 6.52. The fourth-order valence-corrected chi connectivity index (χ4v) is 2.18. The zero-order valence-electron chi connectivity index (χ0n) is 11.7. The number of carbonyl (C=O) groups is 1. The summed E-state index contributed by atoms with van der Waals surface area (Å²) >= 11 is 5.94. The van der Waals surface area contributed by atoms with E-state index in [-0.39, 0.29) is 11.9 Å². The maximum atomic E-state index is 11.8. The number of halogens is 1. The van der Waals surface area contributed by atoms with Gasteiger partial charge in [-0.3, -0.25) is 4.79 Å². The average molecular weight is 283 g/mol. The summed E-state index contributed by atoms with van der Waals surface area (Å²) in [5, 5.41) is 3.68. The smallest absolute Gasteiger partial charge is 0.220 e. The van der Waals surface area contributed by atoms with Crippen LogP contribution in [-0.2, 0) is 4.79 Å². The van der Waals surface area contributed by atoms with Crippen LogP contribution in [0.2, 0.25) is 5.02 Å². The van der Waals surface area contributed by atoms with Gasteiger partial charge in [-0.15, -0.1) is 0 Å². The molecule has 3 N–H and O–H groups in total. The van der Waals surface area contributed by atoms with Crippen LogP contribution >= 0.6 is 11.6 Å². The first-order valence-corrected chi connectivity index (χ1v) is 7.15. The van der Waals surface area contributed by atoms with Gasteiger partial charge >= 0.3 is 0 Å². The summed E-state index contributed by atoms with van der Waals surface area (Å²) in [6.45, 7) is 4.77. The van der Waals surface area contributed by atoms with Crippen molar-refractivity contribution in [2.24, 2.45) is 11.7 Å². The van der Waals surface area contributed by atoms with Gasteiger partial charge < -0.3 is 11.1 Å². The highest BCUT2D eigenvalue weighted by atomic mass is 35.5. The van der Waals surface area contributed by atoms with Crippen LogP contribution in [0, 0.1) is 5.92 Å². The van der Waals surface area contributed by atoms with E-state index in [0.29, 0.717) is 23.9 Å². The summed E-state index contributed by atoms with van der Waals surface area (Å²) in [6, 6.07) is 7.55. The van der Waals surface area contributed by atoms with Gasteiger partial charge in [0.15, 0.2) is 0 Å². The third-order valence-corrected chi connectivity index (χ3v) is 3.48. The molecule has 0 fully saturated rings. The minimum absolute atomic E-state index is 0.0176. The summed E-state index contributed by atoms with van der Waals surface area (Å²) in [7, 11) is 0. The SMILES string of the molecule is CC(CCN)CCC(=O)N[C@H](C)c1cccc(Cl)c1. The largest absolute Gasteiger partial charge is 0.350 e. The molecule has 3 nitrogen and oxygen atoms in total. The highest BCUT2D eigenvalue weighted by Gasteiger charge is 2.11. The third kappa shape index (κ3) is 6.08. The van der Waals surface area contributed by atoms with Crippen LogP contribution in [0.15, 0.2) is 24.3 Å². The average Bonchev–Trinajstić information content (AvgIpc) is 2.36. The molecule has 2 atom stereocenters. The van der Waals surface area contributed by atoms with Crippen LogP contribution < -0.4 is 11.1 Å². The Kier molecular flexibility index (Phi) is 6.89. The van der Waals surface area contributed by atoms with Gasteiger partial charge in [0.25, 0.3) is 0 Å². The minimum atomic E-state index is -0.0176. The maximum absolute atomic E-state index is 11.8. The Balaban J connectivity index is 2.40. The lowest BCUT2D eigenvalue weighted by molar-refractivity contribution is -0.122. The predicted octanol–water partition coefficient (Wildman–Crippen LogP) is 3.28. The van der Waals surface area contributed by atoms with E-state index in [1.54, 1.807) is 0 Å². The molecule has 0 spiro atoms. The van der Waals surface area contributed by atoms with Gasteiger partial charge in [0.2, 0.25) is 5.91 Å². The molecule has 0 aromatic heterocycles. The molecular weight excluding hydrogens is 260 g/mol. The van der Waals surface area contributed by atoms with E-state index in [9.17, 15) is 4.79 Å². The Bertz CT molecular complexity index is 409. The van der Waals surface area contributed by atoms with E-state index in [2.05, 4.69) is 12.2 Å². The Morgan fingerprint density at radius 1 is 1.37 bits per heavy atom. The fraction of sp³-hybridized carbons (Fsp3) is 0.533. The Morgan fingerprint density at radius 3 is 2.74 bits per heavy atom. The molecule has 1 aromatic carbocycles. The van der Waals surface area contributed by atoms with Crippen molar-refractivity contribution in [2.75, 3.05) is 6.54 Å². The fourth-order valence-electron chi connectivity index (χ4n) is 1.98. The first-order chi connectivity index (χ1) is 9.02. The van der Waals surface area contributed by atoms with Gasteiger partial charge in [0.1, 0.15) is 0 Å². The number of carbonyl (C=O) groups excluding carboxylic acids is 1. The second-order valence-electron chi connectivity index (χ2n) is 5.07. The molecule has 1 rings (SSSR count). The van der Waals surface area contributed by atoms with Crippen LogP contribution in [0.25, 0.3) is 0 Å². The van der Waals surface area contributed by atoms with Crippen molar-refractivity contribution in [1.29, 1.82) is 0 Å². The summed E-state index contributed by atoms with van der Waals surface area (Å²) in [6.07, 6.45) is 2.40. The standard InChI is InChI=1S/C15H23ClN2O/c1-11(8-9-17)6-7-15(19)18-12(2)13-4-3-5-14(16)10-13/h3-5,10-12H,6-9,17H2,1-2H3,(H,18,19)/t11?,12-/m1/s1. The molecular formula is C15H23ClN2O. The molecule has 0 aliphatic rings. The van der Waals surface area contributed by atoms with Gasteiger partial charge in [-0.05, 0) is 49.9 Å². The Hall–Kier alpha value is -1.06. The van der Waals surface area contributed by atoms with Crippen molar-refractivity contribution in [1.82, 2.24) is 5.32 Å². The van der Waals surface area contributed by atoms with E-state index in [0.717, 1.165) is 18.4 Å². The quantitative estimate of drug-likeness (QED) is 0.806. The van der Waals surface area contributed by atoms with E-state index in [4.69, 9.17) is 17.3 Å². The van der Waals surface area contributed by atoms with E-state index < -0.39 is 0 Å². The molecule has 1 unspecified atom stereocenters. The van der Waals surface area contributed by atoms with Crippen molar-refractivity contribution in [3.63, 3.8) is 0 Å². The van der Waals surface area contributed by atoms with Crippen LogP contribution in [0.4, 0.5) is 0 Å². The van der Waals surface area contributed by atoms with Gasteiger partial charge in [-0.25, -0.2) is 0 Å². The molecule has 19 heavy (non-hydrogen) atoms. The van der Waals surface area contributed by atoms with Crippen molar-refractivity contribution in [2.45, 2.75) is 39.2 Å². The molecule has 0 aliphatic carbocycles. The first-order valence-electron chi connectivity index (χ1n) is 6.77. The number of nitrogens with one attached hydrogen (secondary N) is 1. The lowest BCUT2D eigenvalue weighted by Gasteiger charge is -2.15. The maximum Gasteiger partial charge on any atom is 0.220 e. The number of benzene rings is 1. The van der Waals surface area contributed by atoms with E-state index >= 15 is 0 Å². The number of hydrogen-bond donors (Lipinski definition) is 2. The summed E-state index contributed by atoms with van der Waals surface area (Å²) in [5.74, 6) is 0.577. The normalized spacial score (nSPS) is 13.9. The highest BCUT2D eigenvalue weighted by molar-refractivity contribution is 6.30. The van der Waals surface area contributed by atoms with Crippen molar-refractivity contribution < 1.29 is 4.79 Å². The number of amides is 1. The minimum Gasteiger partial charge on any atom is -0.350 e. The second-order valence-corrected chi connectivity index (χ2v) is 5.50. The number of rotatable bonds is 7. The highest BCUT2D eigenvalue weighted by Crippen LogP contribution is 2.18. The van der Waals surface area contributed by atoms with Gasteiger partial charge in [-0.1, -0.05) is 30.7 Å². The van der Waals surface area contributed by atoms with Crippen molar-refractivity contribution >= 4 is 17.5 Å². The molecule has 106 valence electrons. The van der Waals surface area contributed by atoms with Crippen molar-refractivity contribution in [3.8, 4) is 0 Å². The lowest BCUT2D eigenvalue weighted by Crippen LogP contribution is -2.26. The monoisotopic (exact) mass is 282 g/mol. The molecule has 1 aromatic rings. The molecule has 0 aliphatic heterocycles. The van der Waals surface area contributed by atoms with Crippen LogP contribution in [0.1, 0.15) is 44.7 Å². The first kappa shape index (κ1) is 16.0. The van der Waals surface area contributed by atoms with Gasteiger partial charge in [-0.2, -0.15) is 0 Å². The van der Waals surface area contributed by atoms with Crippen LogP contribution in [0.3, 0.4) is 0 Å². The predicted molar refractivity (Wildman–Crippen MR) is 80.1 cm³/mol. The summed E-state index contributed by atoms with van der Waals surface area (Å²) < 4.78 is 0.